The molecule has 3 amide bonds. The molecule has 1 atom stereocenters. The molecule has 8 heteroatoms. The first-order chi connectivity index (χ1) is 11.8. The summed E-state index contributed by atoms with van der Waals surface area (Å²) in [4.78, 5) is 38.5. The highest BCUT2D eigenvalue weighted by atomic mass is 32.2. The number of likely N-dealkylation sites (tertiary alicyclic amines) is 1. The number of hydrogen-bond acceptors (Lipinski definition) is 5. The van der Waals surface area contributed by atoms with Gasteiger partial charge in [0.2, 0.25) is 11.8 Å². The Morgan fingerprint density at radius 1 is 1.16 bits per heavy atom. The molecule has 1 aromatic rings. The minimum Gasteiger partial charge on any atom is -0.338 e. The Balaban J connectivity index is 1.66. The fourth-order valence-electron chi connectivity index (χ4n) is 3.18. The summed E-state index contributed by atoms with van der Waals surface area (Å²) in [5.74, 6) is -0.458. The Morgan fingerprint density at radius 2 is 1.76 bits per heavy atom. The second-order valence-corrected chi connectivity index (χ2v) is 8.77. The van der Waals surface area contributed by atoms with E-state index >= 15 is 0 Å². The van der Waals surface area contributed by atoms with Crippen molar-refractivity contribution >= 4 is 27.6 Å². The van der Waals surface area contributed by atoms with Crippen LogP contribution in [0.5, 0.6) is 0 Å². The zero-order valence-electron chi connectivity index (χ0n) is 14.0. The minimum absolute atomic E-state index is 0.00646. The van der Waals surface area contributed by atoms with Gasteiger partial charge in [-0.25, -0.2) is 8.42 Å². The van der Waals surface area contributed by atoms with Crippen molar-refractivity contribution in [2.24, 2.45) is 0 Å². The van der Waals surface area contributed by atoms with Crippen molar-refractivity contribution in [1.29, 1.82) is 0 Å². The largest absolute Gasteiger partial charge is 0.338 e. The molecule has 2 saturated heterocycles. The van der Waals surface area contributed by atoms with Crippen LogP contribution in [0.3, 0.4) is 0 Å². The molecule has 7 nitrogen and oxygen atoms in total. The van der Waals surface area contributed by atoms with E-state index in [4.69, 9.17) is 0 Å². The molecule has 0 N–H and O–H groups in total. The van der Waals surface area contributed by atoms with Gasteiger partial charge < -0.3 is 4.90 Å². The molecule has 0 aliphatic carbocycles. The van der Waals surface area contributed by atoms with Crippen LogP contribution >= 0.6 is 0 Å². The van der Waals surface area contributed by atoms with Crippen LogP contribution in [0.4, 0.5) is 0 Å². The van der Waals surface area contributed by atoms with Gasteiger partial charge in [-0.05, 0) is 24.1 Å². The van der Waals surface area contributed by atoms with Crippen LogP contribution in [0.2, 0.25) is 0 Å². The third-order valence-electron chi connectivity index (χ3n) is 4.77. The third-order valence-corrected chi connectivity index (χ3v) is 6.52. The fourth-order valence-corrected chi connectivity index (χ4v) is 4.96. The average molecular weight is 364 g/mol. The van der Waals surface area contributed by atoms with Gasteiger partial charge in [-0.1, -0.05) is 12.1 Å². The van der Waals surface area contributed by atoms with Gasteiger partial charge in [-0.3, -0.25) is 19.3 Å². The summed E-state index contributed by atoms with van der Waals surface area (Å²) < 4.78 is 23.1. The lowest BCUT2D eigenvalue weighted by Crippen LogP contribution is -2.37. The minimum atomic E-state index is -3.05. The predicted octanol–water partition coefficient (Wildman–Crippen LogP) is 0.595. The molecule has 1 aromatic carbocycles. The molecule has 0 bridgehead atoms. The summed E-state index contributed by atoms with van der Waals surface area (Å²) in [6.07, 6.45) is 0.969. The molecular formula is C17H20N2O5S. The molecule has 2 aliphatic heterocycles. The Labute approximate surface area is 146 Å². The molecular weight excluding hydrogens is 344 g/mol. The van der Waals surface area contributed by atoms with Gasteiger partial charge >= 0.3 is 0 Å². The maximum Gasteiger partial charge on any atom is 0.253 e. The van der Waals surface area contributed by atoms with Crippen LogP contribution in [0.15, 0.2) is 24.3 Å². The molecule has 2 heterocycles. The fraction of sp³-hybridized carbons (Fsp3) is 0.471. The van der Waals surface area contributed by atoms with Crippen molar-refractivity contribution in [1.82, 2.24) is 9.80 Å². The Hall–Kier alpha value is -2.22. The average Bonchev–Trinajstić information content (AvgIpc) is 3.10. The van der Waals surface area contributed by atoms with E-state index < -0.39 is 9.84 Å². The first-order valence-electron chi connectivity index (χ1n) is 8.16. The summed E-state index contributed by atoms with van der Waals surface area (Å²) in [6, 6.07) is 6.42. The second kappa shape index (κ2) is 6.59. The Kier molecular flexibility index (Phi) is 4.64. The molecule has 0 radical (unpaired) electrons. The van der Waals surface area contributed by atoms with Crippen LogP contribution in [0.1, 0.15) is 35.2 Å². The lowest BCUT2D eigenvalue weighted by atomic mass is 10.1. The lowest BCUT2D eigenvalue weighted by molar-refractivity contribution is -0.139. The highest BCUT2D eigenvalue weighted by Gasteiger charge is 2.33. The van der Waals surface area contributed by atoms with Crippen molar-refractivity contribution in [3.63, 3.8) is 0 Å². The van der Waals surface area contributed by atoms with E-state index in [-0.39, 0.29) is 54.7 Å². The van der Waals surface area contributed by atoms with Gasteiger partial charge in [0, 0.05) is 31.5 Å². The topological polar surface area (TPSA) is 91.8 Å². The Bertz CT molecular complexity index is 800. The van der Waals surface area contributed by atoms with Crippen LogP contribution < -0.4 is 0 Å². The number of rotatable bonds is 4. The Morgan fingerprint density at radius 3 is 2.28 bits per heavy atom. The number of hydrogen-bond donors (Lipinski definition) is 0. The maximum atomic E-state index is 12.5. The summed E-state index contributed by atoms with van der Waals surface area (Å²) in [7, 11) is -1.44. The number of amides is 3. The van der Waals surface area contributed by atoms with Crippen LogP contribution in [0.25, 0.3) is 0 Å². The number of carbonyl (C=O) groups is 3. The predicted molar refractivity (Wildman–Crippen MR) is 90.4 cm³/mol. The lowest BCUT2D eigenvalue weighted by Gasteiger charge is -2.23. The summed E-state index contributed by atoms with van der Waals surface area (Å²) in [6.45, 7) is 0.211. The molecule has 3 rings (SSSR count). The van der Waals surface area contributed by atoms with Crippen molar-refractivity contribution in [2.45, 2.75) is 31.8 Å². The van der Waals surface area contributed by atoms with Crippen LogP contribution in [0, 0.1) is 0 Å². The molecule has 0 aromatic heterocycles. The zero-order valence-corrected chi connectivity index (χ0v) is 14.8. The van der Waals surface area contributed by atoms with E-state index in [1.54, 1.807) is 31.3 Å². The molecule has 0 spiro atoms. The van der Waals surface area contributed by atoms with Gasteiger partial charge in [0.15, 0.2) is 9.84 Å². The number of carbonyl (C=O) groups excluding carboxylic acids is 3. The number of nitrogens with zero attached hydrogens (tertiary/aromatic N) is 2. The van der Waals surface area contributed by atoms with Gasteiger partial charge in [0.1, 0.15) is 0 Å². The van der Waals surface area contributed by atoms with Gasteiger partial charge in [0.25, 0.3) is 5.91 Å². The highest BCUT2D eigenvalue weighted by molar-refractivity contribution is 7.91. The number of imide groups is 1. The standard InChI is InChI=1S/C17H20N2O5S/c1-18(14-8-9-25(23,24)11-14)17(22)13-4-2-12(3-5-13)10-19-15(20)6-7-16(19)21/h2-5,14H,6-11H2,1H3. The van der Waals surface area contributed by atoms with Crippen LogP contribution in [-0.4, -0.2) is 60.5 Å². The molecule has 0 saturated carbocycles. The van der Waals surface area contributed by atoms with Crippen LogP contribution in [-0.2, 0) is 26.0 Å². The van der Waals surface area contributed by atoms with Crippen molar-refractivity contribution in [3.05, 3.63) is 35.4 Å². The molecule has 2 fully saturated rings. The third kappa shape index (κ3) is 3.73. The van der Waals surface area contributed by atoms with Crippen molar-refractivity contribution in [2.75, 3.05) is 18.6 Å². The van der Waals surface area contributed by atoms with Gasteiger partial charge in [-0.15, -0.1) is 0 Å². The van der Waals surface area contributed by atoms with E-state index in [2.05, 4.69) is 0 Å². The van der Waals surface area contributed by atoms with E-state index in [0.29, 0.717) is 12.0 Å². The molecule has 1 unspecified atom stereocenters. The van der Waals surface area contributed by atoms with Crippen molar-refractivity contribution < 1.29 is 22.8 Å². The monoisotopic (exact) mass is 364 g/mol. The second-order valence-electron chi connectivity index (χ2n) is 6.54. The van der Waals surface area contributed by atoms with E-state index in [9.17, 15) is 22.8 Å². The summed E-state index contributed by atoms with van der Waals surface area (Å²) in [5, 5.41) is 0. The normalized spacial score (nSPS) is 22.4. The summed E-state index contributed by atoms with van der Waals surface area (Å²) in [5.41, 5.74) is 1.22. The van der Waals surface area contributed by atoms with E-state index in [1.807, 2.05) is 0 Å². The maximum absolute atomic E-state index is 12.5. The smallest absolute Gasteiger partial charge is 0.253 e. The van der Waals surface area contributed by atoms with Crippen molar-refractivity contribution in [3.8, 4) is 0 Å². The van der Waals surface area contributed by atoms with Gasteiger partial charge in [-0.2, -0.15) is 0 Å². The van der Waals surface area contributed by atoms with Gasteiger partial charge in [0.05, 0.1) is 18.1 Å². The molecule has 25 heavy (non-hydrogen) atoms. The zero-order chi connectivity index (χ0) is 18.2. The molecule has 2 aliphatic rings. The van der Waals surface area contributed by atoms with E-state index in [0.717, 1.165) is 5.56 Å². The summed E-state index contributed by atoms with van der Waals surface area (Å²) >= 11 is 0. The number of sulfone groups is 1. The number of benzene rings is 1. The van der Waals surface area contributed by atoms with E-state index in [1.165, 1.54) is 9.80 Å². The first kappa shape index (κ1) is 17.6. The quantitative estimate of drug-likeness (QED) is 0.730. The first-order valence-corrected chi connectivity index (χ1v) is 9.99. The SMILES string of the molecule is CN(C(=O)c1ccc(CN2C(=O)CCC2=O)cc1)C1CCS(=O)(=O)C1. The highest BCUT2D eigenvalue weighted by Crippen LogP contribution is 2.20. The molecule has 134 valence electrons.